The van der Waals surface area contributed by atoms with Crippen molar-refractivity contribution in [3.63, 3.8) is 0 Å². The number of hydrogen-bond acceptors (Lipinski definition) is 3. The molecule has 0 heterocycles. The van der Waals surface area contributed by atoms with Crippen LogP contribution in [0.15, 0.2) is 48.5 Å². The van der Waals surface area contributed by atoms with E-state index in [-0.39, 0.29) is 5.78 Å². The Bertz CT molecular complexity index is 586. The van der Waals surface area contributed by atoms with Crippen LogP contribution in [0.1, 0.15) is 17.3 Å². The second kappa shape index (κ2) is 7.04. The van der Waals surface area contributed by atoms with Gasteiger partial charge in [-0.25, -0.2) is 0 Å². The summed E-state index contributed by atoms with van der Waals surface area (Å²) in [6.45, 7) is 3.16. The summed E-state index contributed by atoms with van der Waals surface area (Å²) < 4.78 is 5.67. The van der Waals surface area contributed by atoms with Gasteiger partial charge in [0.05, 0.1) is 0 Å². The maximum absolute atomic E-state index is 11.3. The number of Topliss-reactive ketones (excluding diaryl/α,β-unsaturated/α-hetero) is 1. The fourth-order valence-electron chi connectivity index (χ4n) is 1.99. The molecule has 2 aromatic rings. The highest BCUT2D eigenvalue weighted by atomic mass is 16.5. The summed E-state index contributed by atoms with van der Waals surface area (Å²) in [6, 6.07) is 15.7. The molecule has 0 aliphatic heterocycles. The van der Waals surface area contributed by atoms with E-state index >= 15 is 0 Å². The Morgan fingerprint density at radius 3 is 1.95 bits per heavy atom. The lowest BCUT2D eigenvalue weighted by Crippen LogP contribution is -2.19. The monoisotopic (exact) mass is 283 g/mol. The Kier molecular flexibility index (Phi) is 5.12. The maximum Gasteiger partial charge on any atom is 0.159 e. The van der Waals surface area contributed by atoms with E-state index in [1.54, 1.807) is 6.92 Å². The molecule has 0 amide bonds. The molecule has 3 nitrogen and oxygen atoms in total. The van der Waals surface area contributed by atoms with Gasteiger partial charge in [-0.15, -0.1) is 0 Å². The highest BCUT2D eigenvalue weighted by Crippen LogP contribution is 2.23. The van der Waals surface area contributed by atoms with E-state index in [9.17, 15) is 4.79 Å². The molecule has 0 fully saturated rings. The lowest BCUT2D eigenvalue weighted by Gasteiger charge is -2.11. The third-order valence-corrected chi connectivity index (χ3v) is 3.29. The topological polar surface area (TPSA) is 29.5 Å². The number of ketones is 1. The van der Waals surface area contributed by atoms with Gasteiger partial charge in [0, 0.05) is 12.1 Å². The molecule has 0 aliphatic carbocycles. The van der Waals surface area contributed by atoms with Crippen molar-refractivity contribution in [3.8, 4) is 16.9 Å². The summed E-state index contributed by atoms with van der Waals surface area (Å²) in [4.78, 5) is 13.4. The van der Waals surface area contributed by atoms with Crippen LogP contribution >= 0.6 is 0 Å². The molecule has 0 spiro atoms. The smallest absolute Gasteiger partial charge is 0.159 e. The first kappa shape index (κ1) is 15.3. The number of rotatable bonds is 6. The molecule has 0 bridgehead atoms. The Morgan fingerprint density at radius 2 is 1.48 bits per heavy atom. The van der Waals surface area contributed by atoms with Gasteiger partial charge in [-0.05, 0) is 44.3 Å². The number of hydrogen-bond donors (Lipinski definition) is 0. The fourth-order valence-corrected chi connectivity index (χ4v) is 1.99. The Balaban J connectivity index is 2.02. The van der Waals surface area contributed by atoms with Gasteiger partial charge in [0.15, 0.2) is 5.78 Å². The second-order valence-corrected chi connectivity index (χ2v) is 5.31. The van der Waals surface area contributed by atoms with Gasteiger partial charge in [0.1, 0.15) is 12.4 Å². The van der Waals surface area contributed by atoms with Crippen LogP contribution in [-0.2, 0) is 0 Å². The SMILES string of the molecule is CC(=O)c1ccc(-c2ccc(OCCN(C)C)cc2)cc1. The third kappa shape index (κ3) is 4.43. The molecule has 0 radical (unpaired) electrons. The summed E-state index contributed by atoms with van der Waals surface area (Å²) in [5, 5.41) is 0. The maximum atomic E-state index is 11.3. The van der Waals surface area contributed by atoms with Gasteiger partial charge in [0.25, 0.3) is 0 Å². The zero-order chi connectivity index (χ0) is 15.2. The van der Waals surface area contributed by atoms with Crippen LogP contribution in [-0.4, -0.2) is 37.9 Å². The van der Waals surface area contributed by atoms with Crippen molar-refractivity contribution in [2.75, 3.05) is 27.2 Å². The van der Waals surface area contributed by atoms with Gasteiger partial charge in [-0.2, -0.15) is 0 Å². The van der Waals surface area contributed by atoms with Crippen molar-refractivity contribution in [3.05, 3.63) is 54.1 Å². The molecular weight excluding hydrogens is 262 g/mol. The van der Waals surface area contributed by atoms with Crippen LogP contribution in [0.3, 0.4) is 0 Å². The van der Waals surface area contributed by atoms with E-state index in [1.165, 1.54) is 0 Å². The van der Waals surface area contributed by atoms with Gasteiger partial charge in [-0.1, -0.05) is 36.4 Å². The molecule has 0 saturated heterocycles. The Morgan fingerprint density at radius 1 is 0.952 bits per heavy atom. The zero-order valence-corrected chi connectivity index (χ0v) is 12.8. The average molecular weight is 283 g/mol. The predicted octanol–water partition coefficient (Wildman–Crippen LogP) is 3.50. The average Bonchev–Trinajstić information content (AvgIpc) is 2.48. The molecule has 3 heteroatoms. The first-order chi connectivity index (χ1) is 10.1. The van der Waals surface area contributed by atoms with Crippen LogP contribution in [0, 0.1) is 0 Å². The fraction of sp³-hybridized carbons (Fsp3) is 0.278. The van der Waals surface area contributed by atoms with Crippen molar-refractivity contribution in [2.24, 2.45) is 0 Å². The molecule has 0 N–H and O–H groups in total. The van der Waals surface area contributed by atoms with Gasteiger partial charge >= 0.3 is 0 Å². The van der Waals surface area contributed by atoms with Crippen LogP contribution in [0.4, 0.5) is 0 Å². The van der Waals surface area contributed by atoms with Gasteiger partial charge in [-0.3, -0.25) is 4.79 Å². The van der Waals surface area contributed by atoms with E-state index in [1.807, 2.05) is 62.6 Å². The standard InChI is InChI=1S/C18H21NO2/c1-14(20)15-4-6-16(7-5-15)17-8-10-18(11-9-17)21-13-12-19(2)3/h4-11H,12-13H2,1-3H3. The normalized spacial score (nSPS) is 10.7. The number of nitrogens with zero attached hydrogens (tertiary/aromatic N) is 1. The van der Waals surface area contributed by atoms with E-state index in [2.05, 4.69) is 4.90 Å². The third-order valence-electron chi connectivity index (χ3n) is 3.29. The molecule has 0 atom stereocenters. The Hall–Kier alpha value is -2.13. The molecule has 0 saturated carbocycles. The first-order valence-electron chi connectivity index (χ1n) is 7.05. The van der Waals surface area contributed by atoms with E-state index in [0.29, 0.717) is 6.61 Å². The van der Waals surface area contributed by atoms with E-state index < -0.39 is 0 Å². The number of carbonyl (C=O) groups is 1. The lowest BCUT2D eigenvalue weighted by atomic mass is 10.0. The minimum absolute atomic E-state index is 0.0891. The van der Waals surface area contributed by atoms with E-state index in [0.717, 1.165) is 29.0 Å². The quantitative estimate of drug-likeness (QED) is 0.760. The molecular formula is C18H21NO2. The van der Waals surface area contributed by atoms with Crippen molar-refractivity contribution in [1.82, 2.24) is 4.90 Å². The summed E-state index contributed by atoms with van der Waals surface area (Å²) >= 11 is 0. The van der Waals surface area contributed by atoms with Gasteiger partial charge < -0.3 is 9.64 Å². The Labute approximate surface area is 126 Å². The molecule has 110 valence electrons. The largest absolute Gasteiger partial charge is 0.492 e. The highest BCUT2D eigenvalue weighted by molar-refractivity contribution is 5.94. The van der Waals surface area contributed by atoms with Gasteiger partial charge in [0.2, 0.25) is 0 Å². The summed E-state index contributed by atoms with van der Waals surface area (Å²) in [7, 11) is 4.05. The molecule has 2 aromatic carbocycles. The van der Waals surface area contributed by atoms with Crippen molar-refractivity contribution in [2.45, 2.75) is 6.92 Å². The minimum Gasteiger partial charge on any atom is -0.492 e. The summed E-state index contributed by atoms with van der Waals surface area (Å²) in [5.74, 6) is 0.965. The van der Waals surface area contributed by atoms with Crippen molar-refractivity contribution >= 4 is 5.78 Å². The number of likely N-dealkylation sites (N-methyl/N-ethyl adjacent to an activating group) is 1. The summed E-state index contributed by atoms with van der Waals surface area (Å²) in [6.07, 6.45) is 0. The molecule has 2 rings (SSSR count). The van der Waals surface area contributed by atoms with Crippen molar-refractivity contribution in [1.29, 1.82) is 0 Å². The molecule has 0 aliphatic rings. The van der Waals surface area contributed by atoms with E-state index in [4.69, 9.17) is 4.74 Å². The first-order valence-corrected chi connectivity index (χ1v) is 7.05. The number of carbonyl (C=O) groups excluding carboxylic acids is 1. The molecule has 21 heavy (non-hydrogen) atoms. The van der Waals surface area contributed by atoms with Crippen LogP contribution in [0.2, 0.25) is 0 Å². The van der Waals surface area contributed by atoms with Crippen LogP contribution in [0.5, 0.6) is 5.75 Å². The lowest BCUT2D eigenvalue weighted by molar-refractivity contribution is 0.101. The van der Waals surface area contributed by atoms with Crippen LogP contribution in [0.25, 0.3) is 11.1 Å². The second-order valence-electron chi connectivity index (χ2n) is 5.31. The zero-order valence-electron chi connectivity index (χ0n) is 12.8. The molecule has 0 aromatic heterocycles. The van der Waals surface area contributed by atoms with Crippen molar-refractivity contribution < 1.29 is 9.53 Å². The predicted molar refractivity (Wildman–Crippen MR) is 85.9 cm³/mol. The summed E-state index contributed by atoms with van der Waals surface area (Å²) in [5.41, 5.74) is 2.95. The number of ether oxygens (including phenoxy) is 1. The number of benzene rings is 2. The van der Waals surface area contributed by atoms with Crippen LogP contribution < -0.4 is 4.74 Å². The molecule has 0 unspecified atom stereocenters. The highest BCUT2D eigenvalue weighted by Gasteiger charge is 2.02. The minimum atomic E-state index is 0.0891.